The van der Waals surface area contributed by atoms with Crippen molar-refractivity contribution < 1.29 is 22.4 Å². The van der Waals surface area contributed by atoms with Crippen LogP contribution in [-0.2, 0) is 18.2 Å². The summed E-state index contributed by atoms with van der Waals surface area (Å²) in [5, 5.41) is 7.15. The molecule has 0 spiro atoms. The Morgan fingerprint density at radius 2 is 1.53 bits per heavy atom. The summed E-state index contributed by atoms with van der Waals surface area (Å²) in [4.78, 5) is 0. The second-order valence-electron chi connectivity index (χ2n) is 7.46. The zero-order valence-electron chi connectivity index (χ0n) is 17.8. The molecule has 1 heterocycles. The number of alkyl halides is 3. The van der Waals surface area contributed by atoms with Crippen molar-refractivity contribution >= 4 is 11.5 Å². The van der Waals surface area contributed by atoms with E-state index in [0.717, 1.165) is 23.6 Å². The summed E-state index contributed by atoms with van der Waals surface area (Å²) < 4.78 is 48.7. The van der Waals surface area contributed by atoms with Crippen molar-refractivity contribution in [2.24, 2.45) is 0 Å². The summed E-state index contributed by atoms with van der Waals surface area (Å²) in [7, 11) is 0. The second-order valence-corrected chi connectivity index (χ2v) is 7.46. The summed E-state index contributed by atoms with van der Waals surface area (Å²) >= 11 is 0. The van der Waals surface area contributed by atoms with Crippen molar-refractivity contribution in [2.45, 2.75) is 52.8 Å². The van der Waals surface area contributed by atoms with E-state index in [1.807, 2.05) is 52.8 Å². The molecule has 30 heavy (non-hydrogen) atoms. The molecule has 0 aliphatic heterocycles. The van der Waals surface area contributed by atoms with E-state index >= 15 is 0 Å². The minimum atomic E-state index is -4.33. The van der Waals surface area contributed by atoms with Crippen LogP contribution >= 0.6 is 0 Å². The molecule has 0 bridgehead atoms. The molecule has 1 N–H and O–H groups in total. The largest absolute Gasteiger partial charge is 0.489 e. The fraction of sp³-hybridized carbons (Fsp3) is 0.348. The van der Waals surface area contributed by atoms with E-state index in [0.29, 0.717) is 17.1 Å². The van der Waals surface area contributed by atoms with Crippen molar-refractivity contribution in [3.8, 4) is 5.75 Å². The zero-order chi connectivity index (χ0) is 22.4. The van der Waals surface area contributed by atoms with Gasteiger partial charge in [0.1, 0.15) is 18.1 Å². The molecule has 0 fully saturated rings. The van der Waals surface area contributed by atoms with Crippen LogP contribution in [0.5, 0.6) is 5.75 Å². The Labute approximate surface area is 175 Å². The zero-order valence-corrected chi connectivity index (χ0v) is 17.8. The minimum Gasteiger partial charge on any atom is -0.489 e. The smallest absolute Gasteiger partial charge is 0.416 e. The molecule has 0 saturated heterocycles. The molecule has 4 nitrogen and oxygen atoms in total. The highest BCUT2D eigenvalue weighted by molar-refractivity contribution is 5.57. The SMILES string of the molecule is CC.CC(C)(C)c1cc(Nc2ccc(OCc3ccc(C(F)(F)F)cc3)cc2)no1. The third kappa shape index (κ3) is 6.54. The first-order valence-corrected chi connectivity index (χ1v) is 9.74. The van der Waals surface area contributed by atoms with E-state index in [4.69, 9.17) is 9.26 Å². The van der Waals surface area contributed by atoms with Gasteiger partial charge in [0.25, 0.3) is 0 Å². The second kappa shape index (κ2) is 9.69. The highest BCUT2D eigenvalue weighted by Crippen LogP contribution is 2.29. The molecule has 0 aliphatic rings. The Balaban J connectivity index is 0.00000155. The predicted molar refractivity (Wildman–Crippen MR) is 112 cm³/mol. The van der Waals surface area contributed by atoms with Crippen LogP contribution in [0.15, 0.2) is 59.1 Å². The molecule has 0 atom stereocenters. The maximum atomic E-state index is 12.6. The molecule has 0 saturated carbocycles. The van der Waals surface area contributed by atoms with Gasteiger partial charge in [0.15, 0.2) is 5.82 Å². The van der Waals surface area contributed by atoms with E-state index in [1.54, 1.807) is 12.1 Å². The lowest BCUT2D eigenvalue weighted by Crippen LogP contribution is -2.09. The maximum Gasteiger partial charge on any atom is 0.416 e. The quantitative estimate of drug-likeness (QED) is 0.469. The van der Waals surface area contributed by atoms with Crippen molar-refractivity contribution in [1.82, 2.24) is 5.16 Å². The van der Waals surface area contributed by atoms with Gasteiger partial charge in [-0.05, 0) is 42.0 Å². The molecule has 7 heteroatoms. The van der Waals surface area contributed by atoms with Crippen LogP contribution < -0.4 is 10.1 Å². The lowest BCUT2D eigenvalue weighted by molar-refractivity contribution is -0.137. The molecule has 0 aliphatic carbocycles. The molecule has 3 rings (SSSR count). The Morgan fingerprint density at radius 1 is 0.933 bits per heavy atom. The van der Waals surface area contributed by atoms with Crippen molar-refractivity contribution in [3.05, 3.63) is 71.5 Å². The number of nitrogens with one attached hydrogen (secondary N) is 1. The highest BCUT2D eigenvalue weighted by Gasteiger charge is 2.29. The van der Waals surface area contributed by atoms with Crippen LogP contribution in [0.1, 0.15) is 51.5 Å². The van der Waals surface area contributed by atoms with Gasteiger partial charge < -0.3 is 14.6 Å². The van der Waals surface area contributed by atoms with Crippen molar-refractivity contribution in [3.63, 3.8) is 0 Å². The first-order valence-electron chi connectivity index (χ1n) is 9.74. The molecule has 0 unspecified atom stereocenters. The Kier molecular flexibility index (Phi) is 7.54. The van der Waals surface area contributed by atoms with Gasteiger partial charge in [0, 0.05) is 17.2 Å². The molecular weight excluding hydrogens is 393 g/mol. The number of benzene rings is 2. The number of ether oxygens (including phenoxy) is 1. The summed E-state index contributed by atoms with van der Waals surface area (Å²) in [5.41, 5.74) is 0.681. The average Bonchev–Trinajstić information content (AvgIpc) is 3.18. The number of nitrogens with zero attached hydrogens (tertiary/aromatic N) is 1. The lowest BCUT2D eigenvalue weighted by Gasteiger charge is -2.12. The fourth-order valence-electron chi connectivity index (χ4n) is 2.43. The van der Waals surface area contributed by atoms with Gasteiger partial charge >= 0.3 is 6.18 Å². The van der Waals surface area contributed by atoms with Gasteiger partial charge in [-0.3, -0.25) is 0 Å². The third-order valence-corrected chi connectivity index (χ3v) is 4.06. The summed E-state index contributed by atoms with van der Waals surface area (Å²) in [5.74, 6) is 2.01. The molecule has 3 aromatic rings. The van der Waals surface area contributed by atoms with E-state index in [9.17, 15) is 13.2 Å². The number of rotatable bonds is 5. The first-order chi connectivity index (χ1) is 14.1. The van der Waals surface area contributed by atoms with Gasteiger partial charge in [-0.2, -0.15) is 13.2 Å². The average molecular weight is 420 g/mol. The monoisotopic (exact) mass is 420 g/mol. The van der Waals surface area contributed by atoms with E-state index in [1.165, 1.54) is 12.1 Å². The Bertz CT molecular complexity index is 909. The molecule has 162 valence electrons. The summed E-state index contributed by atoms with van der Waals surface area (Å²) in [6, 6.07) is 14.0. The maximum absolute atomic E-state index is 12.6. The topological polar surface area (TPSA) is 47.3 Å². The van der Waals surface area contributed by atoms with Crippen LogP contribution in [0.25, 0.3) is 0 Å². The minimum absolute atomic E-state index is 0.122. The van der Waals surface area contributed by atoms with Gasteiger partial charge in [-0.15, -0.1) is 0 Å². The van der Waals surface area contributed by atoms with Gasteiger partial charge in [-0.1, -0.05) is 51.9 Å². The summed E-state index contributed by atoms with van der Waals surface area (Å²) in [6.07, 6.45) is -4.33. The highest BCUT2D eigenvalue weighted by atomic mass is 19.4. The molecule has 2 aromatic carbocycles. The lowest BCUT2D eigenvalue weighted by atomic mass is 9.93. The Hall–Kier alpha value is -2.96. The number of aromatic nitrogens is 1. The number of anilines is 2. The molecule has 0 amide bonds. The van der Waals surface area contributed by atoms with Crippen LogP contribution in [0.3, 0.4) is 0 Å². The number of hydrogen-bond donors (Lipinski definition) is 1. The number of hydrogen-bond acceptors (Lipinski definition) is 4. The normalized spacial score (nSPS) is 11.5. The van der Waals surface area contributed by atoms with Crippen LogP contribution in [0.2, 0.25) is 0 Å². The molecule has 1 aromatic heterocycles. The van der Waals surface area contributed by atoms with E-state index in [-0.39, 0.29) is 12.0 Å². The van der Waals surface area contributed by atoms with Gasteiger partial charge in [-0.25, -0.2) is 0 Å². The van der Waals surface area contributed by atoms with Gasteiger partial charge in [0.2, 0.25) is 0 Å². The van der Waals surface area contributed by atoms with E-state index < -0.39 is 11.7 Å². The van der Waals surface area contributed by atoms with Gasteiger partial charge in [0.05, 0.1) is 5.56 Å². The van der Waals surface area contributed by atoms with Crippen LogP contribution in [0.4, 0.5) is 24.7 Å². The predicted octanol–water partition coefficient (Wildman–Crippen LogP) is 7.34. The Morgan fingerprint density at radius 3 is 2.03 bits per heavy atom. The van der Waals surface area contributed by atoms with Crippen molar-refractivity contribution in [1.29, 1.82) is 0 Å². The van der Waals surface area contributed by atoms with Crippen molar-refractivity contribution in [2.75, 3.05) is 5.32 Å². The fourth-order valence-corrected chi connectivity index (χ4v) is 2.43. The van der Waals surface area contributed by atoms with E-state index in [2.05, 4.69) is 10.5 Å². The van der Waals surface area contributed by atoms with Crippen LogP contribution in [-0.4, -0.2) is 5.16 Å². The summed E-state index contributed by atoms with van der Waals surface area (Å²) in [6.45, 7) is 10.3. The first kappa shape index (κ1) is 23.3. The standard InChI is InChI=1S/C21H21F3N2O2.C2H6/c1-20(2,3)18-12-19(26-28-18)25-16-8-10-17(11-9-16)27-13-14-4-6-15(7-5-14)21(22,23)24;1-2/h4-12H,13H2,1-3H3,(H,25,26);1-2H3. The molecular formula is C23H27F3N2O2. The van der Waals surface area contributed by atoms with Crippen LogP contribution in [0, 0.1) is 0 Å². The third-order valence-electron chi connectivity index (χ3n) is 4.06. The molecule has 0 radical (unpaired) electrons. The number of halogens is 3.